The summed E-state index contributed by atoms with van der Waals surface area (Å²) >= 11 is 12.1. The molecule has 0 unspecified atom stereocenters. The molecule has 0 saturated carbocycles. The first-order valence-electron chi connectivity index (χ1n) is 12.4. The average Bonchev–Trinajstić information content (AvgIpc) is 2.89. The van der Waals surface area contributed by atoms with Crippen molar-refractivity contribution < 1.29 is 14.3 Å². The highest BCUT2D eigenvalue weighted by Crippen LogP contribution is 2.30. The minimum absolute atomic E-state index is 0.208. The number of carbonyl (C=O) groups excluding carboxylic acids is 2. The molecule has 1 heterocycles. The Labute approximate surface area is 227 Å². The normalized spacial score (nSPS) is 13.9. The van der Waals surface area contributed by atoms with Crippen molar-refractivity contribution in [3.63, 3.8) is 0 Å². The summed E-state index contributed by atoms with van der Waals surface area (Å²) in [6.07, 6.45) is 3.17. The van der Waals surface area contributed by atoms with E-state index >= 15 is 0 Å². The van der Waals surface area contributed by atoms with Crippen molar-refractivity contribution in [1.29, 1.82) is 0 Å². The first kappa shape index (κ1) is 27.0. The van der Waals surface area contributed by atoms with Gasteiger partial charge in [-0.05, 0) is 67.1 Å². The number of halogens is 2. The molecule has 1 aliphatic rings. The highest BCUT2D eigenvalue weighted by atomic mass is 35.5. The lowest BCUT2D eigenvalue weighted by Gasteiger charge is -2.35. The second-order valence-corrected chi connectivity index (χ2v) is 10.1. The third-order valence-electron chi connectivity index (χ3n) is 6.54. The summed E-state index contributed by atoms with van der Waals surface area (Å²) < 4.78 is 5.08. The highest BCUT2D eigenvalue weighted by molar-refractivity contribution is 6.35. The molecule has 2 N–H and O–H groups in total. The molecular weight excluding hydrogens is 509 g/mol. The molecule has 0 atom stereocenters. The van der Waals surface area contributed by atoms with Crippen molar-refractivity contribution in [2.24, 2.45) is 5.92 Å². The van der Waals surface area contributed by atoms with Gasteiger partial charge in [0, 0.05) is 53.7 Å². The van der Waals surface area contributed by atoms with Gasteiger partial charge in [-0.25, -0.2) is 0 Å². The van der Waals surface area contributed by atoms with Crippen LogP contribution >= 0.6 is 23.2 Å². The molecule has 194 valence electrons. The Morgan fingerprint density at radius 3 is 2.32 bits per heavy atom. The van der Waals surface area contributed by atoms with Crippen molar-refractivity contribution in [2.75, 3.05) is 43.6 Å². The number of anilines is 2. The van der Waals surface area contributed by atoms with Crippen LogP contribution in [0.25, 0.3) is 0 Å². The minimum atomic E-state index is -0.357. The van der Waals surface area contributed by atoms with E-state index in [1.54, 1.807) is 31.4 Å². The van der Waals surface area contributed by atoms with Crippen molar-refractivity contribution in [2.45, 2.75) is 19.3 Å². The largest absolute Gasteiger partial charge is 0.383 e. The number of methoxy groups -OCH3 is 1. The van der Waals surface area contributed by atoms with Crippen LogP contribution in [0.15, 0.2) is 66.7 Å². The van der Waals surface area contributed by atoms with Gasteiger partial charge in [-0.2, -0.15) is 0 Å². The van der Waals surface area contributed by atoms with Gasteiger partial charge in [0.25, 0.3) is 11.8 Å². The Hall–Kier alpha value is -3.06. The zero-order valence-corrected chi connectivity index (χ0v) is 22.3. The predicted octanol–water partition coefficient (Wildman–Crippen LogP) is 6.08. The third-order valence-corrected chi connectivity index (χ3v) is 6.97. The molecule has 1 saturated heterocycles. The summed E-state index contributed by atoms with van der Waals surface area (Å²) in [5.41, 5.74) is 3.59. The number of ether oxygens (including phenoxy) is 1. The fourth-order valence-electron chi connectivity index (χ4n) is 4.65. The van der Waals surface area contributed by atoms with E-state index in [2.05, 4.69) is 39.8 Å². The van der Waals surface area contributed by atoms with Gasteiger partial charge in [0.05, 0.1) is 12.2 Å². The smallest absolute Gasteiger partial charge is 0.255 e. The van der Waals surface area contributed by atoms with Gasteiger partial charge in [-0.15, -0.1) is 0 Å². The van der Waals surface area contributed by atoms with Crippen LogP contribution in [0.2, 0.25) is 10.0 Å². The number of hydrogen-bond donors (Lipinski definition) is 2. The van der Waals surface area contributed by atoms with E-state index in [4.69, 9.17) is 27.9 Å². The van der Waals surface area contributed by atoms with Crippen LogP contribution in [-0.4, -0.2) is 45.2 Å². The van der Waals surface area contributed by atoms with Crippen LogP contribution in [0.5, 0.6) is 0 Å². The monoisotopic (exact) mass is 539 g/mol. The molecule has 1 fully saturated rings. The van der Waals surface area contributed by atoms with Crippen molar-refractivity contribution in [1.82, 2.24) is 5.32 Å². The van der Waals surface area contributed by atoms with Gasteiger partial charge in [-0.1, -0.05) is 53.5 Å². The summed E-state index contributed by atoms with van der Waals surface area (Å²) in [6, 6.07) is 20.7. The molecule has 3 aromatic rings. The second-order valence-electron chi connectivity index (χ2n) is 9.21. The Balaban J connectivity index is 1.50. The summed E-state index contributed by atoms with van der Waals surface area (Å²) in [7, 11) is 1.59. The van der Waals surface area contributed by atoms with Gasteiger partial charge in [0.1, 0.15) is 0 Å². The number of nitrogens with one attached hydrogen (secondary N) is 2. The van der Waals surface area contributed by atoms with Crippen LogP contribution in [-0.2, 0) is 11.2 Å². The quantitative estimate of drug-likeness (QED) is 0.323. The number of benzene rings is 3. The Morgan fingerprint density at radius 1 is 0.946 bits per heavy atom. The van der Waals surface area contributed by atoms with E-state index in [1.165, 1.54) is 5.56 Å². The van der Waals surface area contributed by atoms with Crippen molar-refractivity contribution in [3.8, 4) is 0 Å². The fourth-order valence-corrected chi connectivity index (χ4v) is 5.17. The molecule has 6 nitrogen and oxygen atoms in total. The number of amides is 2. The molecule has 0 aromatic heterocycles. The lowest BCUT2D eigenvalue weighted by Crippen LogP contribution is -2.36. The van der Waals surface area contributed by atoms with Crippen LogP contribution in [0.1, 0.15) is 39.1 Å². The Morgan fingerprint density at radius 2 is 1.65 bits per heavy atom. The van der Waals surface area contributed by atoms with Gasteiger partial charge >= 0.3 is 0 Å². The molecular formula is C29H31Cl2N3O3. The van der Waals surface area contributed by atoms with Crippen LogP contribution in [0, 0.1) is 5.92 Å². The van der Waals surface area contributed by atoms with Crippen LogP contribution in [0.4, 0.5) is 11.4 Å². The molecule has 0 spiro atoms. The molecule has 1 aliphatic heterocycles. The molecule has 0 bridgehead atoms. The molecule has 4 rings (SSSR count). The predicted molar refractivity (Wildman–Crippen MR) is 150 cm³/mol. The second kappa shape index (κ2) is 13.0. The fraction of sp³-hybridized carbons (Fsp3) is 0.310. The van der Waals surface area contributed by atoms with Crippen LogP contribution < -0.4 is 15.5 Å². The van der Waals surface area contributed by atoms with E-state index < -0.39 is 0 Å². The SMILES string of the molecule is COCCNC(=O)c1cc(NC(=O)c2cc(Cl)cc(Cl)c2)ccc1N1CCC(Cc2ccccc2)CC1. The minimum Gasteiger partial charge on any atom is -0.383 e. The number of nitrogens with zero attached hydrogens (tertiary/aromatic N) is 1. The zero-order valence-electron chi connectivity index (χ0n) is 20.8. The maximum atomic E-state index is 13.1. The van der Waals surface area contributed by atoms with Crippen LogP contribution in [0.3, 0.4) is 0 Å². The summed E-state index contributed by atoms with van der Waals surface area (Å²) in [6.45, 7) is 2.54. The van der Waals surface area contributed by atoms with Gasteiger partial charge in [0.15, 0.2) is 0 Å². The molecule has 8 heteroatoms. The van der Waals surface area contributed by atoms with E-state index in [9.17, 15) is 9.59 Å². The van der Waals surface area contributed by atoms with E-state index in [0.29, 0.717) is 45.9 Å². The van der Waals surface area contributed by atoms with Crippen molar-refractivity contribution in [3.05, 3.63) is 93.5 Å². The summed E-state index contributed by atoms with van der Waals surface area (Å²) in [4.78, 5) is 28.2. The number of hydrogen-bond acceptors (Lipinski definition) is 4. The van der Waals surface area contributed by atoms with E-state index in [1.807, 2.05) is 18.2 Å². The third kappa shape index (κ3) is 7.48. The van der Waals surface area contributed by atoms with E-state index in [-0.39, 0.29) is 11.8 Å². The van der Waals surface area contributed by atoms with E-state index in [0.717, 1.165) is 38.0 Å². The standard InChI is InChI=1S/C29H31Cl2N3O3/c1-37-14-11-32-29(36)26-19-25(33-28(35)22-16-23(30)18-24(31)17-22)7-8-27(26)34-12-9-21(10-13-34)15-20-5-3-2-4-6-20/h2-8,16-19,21H,9-15H2,1H3,(H,32,36)(H,33,35). The lowest BCUT2D eigenvalue weighted by molar-refractivity contribution is 0.0936. The first-order valence-corrected chi connectivity index (χ1v) is 13.2. The van der Waals surface area contributed by atoms with Gasteiger partial charge in [-0.3, -0.25) is 9.59 Å². The maximum absolute atomic E-state index is 13.1. The average molecular weight is 540 g/mol. The summed E-state index contributed by atoms with van der Waals surface area (Å²) in [5.74, 6) is 0.0469. The number of rotatable bonds is 9. The number of carbonyl (C=O) groups is 2. The van der Waals surface area contributed by atoms with Gasteiger partial charge < -0.3 is 20.3 Å². The molecule has 37 heavy (non-hydrogen) atoms. The molecule has 0 radical (unpaired) electrons. The molecule has 3 aromatic carbocycles. The zero-order chi connectivity index (χ0) is 26.2. The Bertz CT molecular complexity index is 1210. The van der Waals surface area contributed by atoms with Gasteiger partial charge in [0.2, 0.25) is 0 Å². The highest BCUT2D eigenvalue weighted by Gasteiger charge is 2.24. The summed E-state index contributed by atoms with van der Waals surface area (Å²) in [5, 5.41) is 6.52. The molecule has 2 amide bonds. The number of piperidine rings is 1. The Kier molecular flexibility index (Phi) is 9.45. The molecule has 0 aliphatic carbocycles. The topological polar surface area (TPSA) is 70.7 Å². The van der Waals surface area contributed by atoms with Crippen molar-refractivity contribution >= 4 is 46.4 Å². The first-order chi connectivity index (χ1) is 17.9. The maximum Gasteiger partial charge on any atom is 0.255 e. The lowest BCUT2D eigenvalue weighted by atomic mass is 9.89.